The summed E-state index contributed by atoms with van der Waals surface area (Å²) in [6.45, 7) is 6.14. The summed E-state index contributed by atoms with van der Waals surface area (Å²) in [7, 11) is 1.87. The van der Waals surface area contributed by atoms with Gasteiger partial charge in [0.1, 0.15) is 5.52 Å². The first-order chi connectivity index (χ1) is 9.04. The van der Waals surface area contributed by atoms with E-state index in [4.69, 9.17) is 4.74 Å². The van der Waals surface area contributed by atoms with E-state index in [1.807, 2.05) is 27.0 Å². The number of rotatable bonds is 3. The normalized spacial score (nSPS) is 11.4. The van der Waals surface area contributed by atoms with Crippen molar-refractivity contribution in [1.82, 2.24) is 15.0 Å². The van der Waals surface area contributed by atoms with E-state index in [0.717, 1.165) is 27.7 Å². The fraction of sp³-hybridized carbons (Fsp3) is 0.357. The van der Waals surface area contributed by atoms with Gasteiger partial charge < -0.3 is 4.74 Å². The van der Waals surface area contributed by atoms with Crippen molar-refractivity contribution in [1.29, 1.82) is 0 Å². The SMILES string of the molecule is CCOC(=O)/C=C/c1cc(C)c2c(nnn2C)c1C. The fourth-order valence-corrected chi connectivity index (χ4v) is 2.12. The third kappa shape index (κ3) is 2.50. The Morgan fingerprint density at radius 3 is 2.89 bits per heavy atom. The molecular weight excluding hydrogens is 242 g/mol. The van der Waals surface area contributed by atoms with Crippen molar-refractivity contribution in [3.63, 3.8) is 0 Å². The highest BCUT2D eigenvalue weighted by atomic mass is 16.5. The molecule has 0 bridgehead atoms. The zero-order valence-corrected chi connectivity index (χ0v) is 11.6. The zero-order valence-electron chi connectivity index (χ0n) is 11.6. The Bertz CT molecular complexity index is 656. The van der Waals surface area contributed by atoms with Crippen molar-refractivity contribution in [2.24, 2.45) is 7.05 Å². The average Bonchev–Trinajstić information content (AvgIpc) is 2.75. The van der Waals surface area contributed by atoms with Crippen LogP contribution in [-0.2, 0) is 16.6 Å². The smallest absolute Gasteiger partial charge is 0.330 e. The number of ether oxygens (including phenoxy) is 1. The summed E-state index contributed by atoms with van der Waals surface area (Å²) in [6.07, 6.45) is 3.20. The van der Waals surface area contributed by atoms with Crippen LogP contribution in [0, 0.1) is 13.8 Å². The van der Waals surface area contributed by atoms with Gasteiger partial charge in [-0.05, 0) is 49.6 Å². The van der Waals surface area contributed by atoms with E-state index in [9.17, 15) is 4.79 Å². The third-order valence-corrected chi connectivity index (χ3v) is 3.05. The topological polar surface area (TPSA) is 57.0 Å². The standard InChI is InChI=1S/C14H17N3O2/c1-5-19-12(18)7-6-11-8-9(2)14-13(10(11)3)15-16-17(14)4/h6-8H,5H2,1-4H3/b7-6+. The van der Waals surface area contributed by atoms with E-state index in [1.54, 1.807) is 17.7 Å². The predicted molar refractivity (Wildman–Crippen MR) is 73.7 cm³/mol. The number of esters is 1. The van der Waals surface area contributed by atoms with Gasteiger partial charge in [0.25, 0.3) is 0 Å². The van der Waals surface area contributed by atoms with Gasteiger partial charge in [-0.1, -0.05) is 5.21 Å². The number of carbonyl (C=O) groups is 1. The van der Waals surface area contributed by atoms with Crippen molar-refractivity contribution >= 4 is 23.1 Å². The minimum absolute atomic E-state index is 0.334. The Morgan fingerprint density at radius 2 is 2.21 bits per heavy atom. The van der Waals surface area contributed by atoms with Crippen molar-refractivity contribution in [3.8, 4) is 0 Å². The van der Waals surface area contributed by atoms with Crippen molar-refractivity contribution < 1.29 is 9.53 Å². The van der Waals surface area contributed by atoms with Gasteiger partial charge in [0.15, 0.2) is 0 Å². The Balaban J connectivity index is 2.45. The molecule has 0 unspecified atom stereocenters. The van der Waals surface area contributed by atoms with Gasteiger partial charge >= 0.3 is 5.97 Å². The van der Waals surface area contributed by atoms with Crippen molar-refractivity contribution in [2.45, 2.75) is 20.8 Å². The molecule has 2 rings (SSSR count). The molecule has 0 saturated carbocycles. The highest BCUT2D eigenvalue weighted by Gasteiger charge is 2.10. The van der Waals surface area contributed by atoms with Gasteiger partial charge in [0.05, 0.1) is 12.1 Å². The Morgan fingerprint density at radius 1 is 1.47 bits per heavy atom. The third-order valence-electron chi connectivity index (χ3n) is 3.05. The molecule has 0 spiro atoms. The first kappa shape index (κ1) is 13.3. The molecule has 1 aromatic heterocycles. The zero-order chi connectivity index (χ0) is 14.0. The number of hydrogen-bond donors (Lipinski definition) is 0. The Labute approximate surface area is 111 Å². The Hall–Kier alpha value is -2.17. The molecule has 5 heteroatoms. The molecule has 0 fully saturated rings. The fourth-order valence-electron chi connectivity index (χ4n) is 2.12. The molecule has 0 aliphatic rings. The lowest BCUT2D eigenvalue weighted by molar-refractivity contribution is -0.137. The number of fused-ring (bicyclic) bond motifs is 1. The molecule has 0 saturated heterocycles. The van der Waals surface area contributed by atoms with Crippen LogP contribution in [0.2, 0.25) is 0 Å². The highest BCUT2D eigenvalue weighted by molar-refractivity contribution is 5.90. The summed E-state index contributed by atoms with van der Waals surface area (Å²) >= 11 is 0. The van der Waals surface area contributed by atoms with Crippen LogP contribution in [0.25, 0.3) is 17.1 Å². The summed E-state index contributed by atoms with van der Waals surface area (Å²) in [4.78, 5) is 11.3. The van der Waals surface area contributed by atoms with Crippen LogP contribution in [-0.4, -0.2) is 27.6 Å². The predicted octanol–water partition coefficient (Wildman–Crippen LogP) is 2.16. The van der Waals surface area contributed by atoms with Crippen LogP contribution >= 0.6 is 0 Å². The molecule has 1 heterocycles. The number of nitrogens with zero attached hydrogens (tertiary/aromatic N) is 3. The summed E-state index contributed by atoms with van der Waals surface area (Å²) in [5.41, 5.74) is 4.93. The van der Waals surface area contributed by atoms with Gasteiger partial charge in [0.2, 0.25) is 0 Å². The maximum absolute atomic E-state index is 11.3. The van der Waals surface area contributed by atoms with Gasteiger partial charge in [-0.15, -0.1) is 5.10 Å². The van der Waals surface area contributed by atoms with Gasteiger partial charge in [-0.2, -0.15) is 0 Å². The second kappa shape index (κ2) is 5.22. The largest absolute Gasteiger partial charge is 0.463 e. The number of carbonyl (C=O) groups excluding carboxylic acids is 1. The van der Waals surface area contributed by atoms with E-state index >= 15 is 0 Å². The van der Waals surface area contributed by atoms with Gasteiger partial charge in [0, 0.05) is 13.1 Å². The second-order valence-corrected chi connectivity index (χ2v) is 4.40. The number of benzene rings is 1. The number of aryl methyl sites for hydroxylation is 3. The molecule has 0 N–H and O–H groups in total. The first-order valence-corrected chi connectivity index (χ1v) is 6.19. The monoisotopic (exact) mass is 259 g/mol. The molecule has 0 radical (unpaired) electrons. The molecule has 19 heavy (non-hydrogen) atoms. The van der Waals surface area contributed by atoms with Crippen LogP contribution in [0.15, 0.2) is 12.1 Å². The second-order valence-electron chi connectivity index (χ2n) is 4.40. The number of aromatic nitrogens is 3. The molecule has 1 aromatic carbocycles. The minimum atomic E-state index is -0.334. The molecule has 5 nitrogen and oxygen atoms in total. The molecule has 0 aliphatic heterocycles. The molecule has 0 amide bonds. The van der Waals surface area contributed by atoms with Crippen LogP contribution in [0.4, 0.5) is 0 Å². The average molecular weight is 259 g/mol. The Kier molecular flexibility index (Phi) is 3.64. The van der Waals surface area contributed by atoms with Crippen molar-refractivity contribution in [2.75, 3.05) is 6.61 Å². The summed E-state index contributed by atoms with van der Waals surface area (Å²) in [6, 6.07) is 2.02. The van der Waals surface area contributed by atoms with E-state index in [-0.39, 0.29) is 5.97 Å². The summed E-state index contributed by atoms with van der Waals surface area (Å²) in [5.74, 6) is -0.334. The molecule has 0 atom stereocenters. The van der Waals surface area contributed by atoms with Crippen LogP contribution in [0.5, 0.6) is 0 Å². The maximum Gasteiger partial charge on any atom is 0.330 e. The first-order valence-electron chi connectivity index (χ1n) is 6.19. The van der Waals surface area contributed by atoms with E-state index < -0.39 is 0 Å². The molecular formula is C14H17N3O2. The highest BCUT2D eigenvalue weighted by Crippen LogP contribution is 2.24. The molecule has 0 aliphatic carbocycles. The summed E-state index contributed by atoms with van der Waals surface area (Å²) < 4.78 is 6.63. The van der Waals surface area contributed by atoms with Crippen LogP contribution < -0.4 is 0 Å². The lowest BCUT2D eigenvalue weighted by atomic mass is 10.0. The lowest BCUT2D eigenvalue weighted by Crippen LogP contribution is -1.99. The summed E-state index contributed by atoms with van der Waals surface area (Å²) in [5, 5.41) is 8.20. The quantitative estimate of drug-likeness (QED) is 0.626. The van der Waals surface area contributed by atoms with Crippen molar-refractivity contribution in [3.05, 3.63) is 28.8 Å². The lowest BCUT2D eigenvalue weighted by Gasteiger charge is -2.05. The van der Waals surface area contributed by atoms with Gasteiger partial charge in [-0.25, -0.2) is 9.48 Å². The maximum atomic E-state index is 11.3. The van der Waals surface area contributed by atoms with Crippen LogP contribution in [0.3, 0.4) is 0 Å². The van der Waals surface area contributed by atoms with E-state index in [0.29, 0.717) is 6.61 Å². The van der Waals surface area contributed by atoms with Gasteiger partial charge in [-0.3, -0.25) is 0 Å². The van der Waals surface area contributed by atoms with Crippen LogP contribution in [0.1, 0.15) is 23.6 Å². The number of hydrogen-bond acceptors (Lipinski definition) is 4. The van der Waals surface area contributed by atoms with E-state index in [2.05, 4.69) is 10.3 Å². The minimum Gasteiger partial charge on any atom is -0.463 e. The molecule has 2 aromatic rings. The molecule has 100 valence electrons. The van der Waals surface area contributed by atoms with E-state index in [1.165, 1.54) is 6.08 Å².